The lowest BCUT2D eigenvalue weighted by Crippen LogP contribution is -2.29. The monoisotopic (exact) mass is 379 g/mol. The molecule has 0 bridgehead atoms. The number of nitrogens with one attached hydrogen (secondary N) is 2. The summed E-state index contributed by atoms with van der Waals surface area (Å²) in [5.41, 5.74) is 2.19. The fraction of sp³-hybridized carbons (Fsp3) is 0.278. The summed E-state index contributed by atoms with van der Waals surface area (Å²) in [6.07, 6.45) is 0. The van der Waals surface area contributed by atoms with Gasteiger partial charge in [0.05, 0.1) is 11.4 Å². The van der Waals surface area contributed by atoms with Crippen LogP contribution in [-0.2, 0) is 21.4 Å². The fourth-order valence-electron chi connectivity index (χ4n) is 2.20. The second-order valence-electron chi connectivity index (χ2n) is 6.02. The third-order valence-electron chi connectivity index (χ3n) is 3.83. The molecule has 1 amide bonds. The molecule has 0 saturated heterocycles. The van der Waals surface area contributed by atoms with Crippen LogP contribution in [0.15, 0.2) is 47.4 Å². The van der Waals surface area contributed by atoms with E-state index in [0.29, 0.717) is 5.69 Å². The Kier molecular flexibility index (Phi) is 6.33. The second kappa shape index (κ2) is 8.29. The molecule has 2 aromatic carbocycles. The third kappa shape index (κ3) is 5.03. The fourth-order valence-corrected chi connectivity index (χ4v) is 3.13. The molecule has 0 radical (unpaired) electrons. The summed E-state index contributed by atoms with van der Waals surface area (Å²) in [5, 5.41) is 5.68. The Morgan fingerprint density at radius 3 is 2.38 bits per heavy atom. The Morgan fingerprint density at radius 1 is 1.12 bits per heavy atom. The standard InChI is InChI=1S/C18H22FN3O3S/c1-13-4-9-16(26(24,25)22(2)3)10-17(13)20-12-18(23)21-11-14-5-7-15(19)8-6-14/h4-10,20H,11-12H2,1-3H3,(H,21,23). The van der Waals surface area contributed by atoms with E-state index in [1.54, 1.807) is 18.2 Å². The molecule has 0 atom stereocenters. The third-order valence-corrected chi connectivity index (χ3v) is 5.64. The lowest BCUT2D eigenvalue weighted by molar-refractivity contribution is -0.119. The zero-order valence-electron chi connectivity index (χ0n) is 14.9. The first-order valence-electron chi connectivity index (χ1n) is 7.98. The van der Waals surface area contributed by atoms with Crippen LogP contribution in [0.3, 0.4) is 0 Å². The zero-order valence-corrected chi connectivity index (χ0v) is 15.7. The maximum Gasteiger partial charge on any atom is 0.242 e. The van der Waals surface area contributed by atoms with Gasteiger partial charge in [-0.15, -0.1) is 0 Å². The number of halogens is 1. The molecule has 0 fully saturated rings. The van der Waals surface area contributed by atoms with Gasteiger partial charge in [0.15, 0.2) is 0 Å². The Hall–Kier alpha value is -2.45. The summed E-state index contributed by atoms with van der Waals surface area (Å²) in [5.74, 6) is -0.584. The van der Waals surface area contributed by atoms with E-state index >= 15 is 0 Å². The number of amides is 1. The zero-order chi connectivity index (χ0) is 19.3. The van der Waals surface area contributed by atoms with Crippen LogP contribution in [0.25, 0.3) is 0 Å². The lowest BCUT2D eigenvalue weighted by atomic mass is 10.2. The molecule has 140 valence electrons. The normalized spacial score (nSPS) is 11.4. The van der Waals surface area contributed by atoms with Gasteiger partial charge in [-0.05, 0) is 42.3 Å². The molecule has 0 aliphatic heterocycles. The summed E-state index contributed by atoms with van der Waals surface area (Å²) >= 11 is 0. The number of carbonyl (C=O) groups is 1. The van der Waals surface area contributed by atoms with E-state index in [4.69, 9.17) is 0 Å². The van der Waals surface area contributed by atoms with Crippen molar-refractivity contribution in [3.63, 3.8) is 0 Å². The SMILES string of the molecule is Cc1ccc(S(=O)(=O)N(C)C)cc1NCC(=O)NCc1ccc(F)cc1. The average Bonchev–Trinajstić information content (AvgIpc) is 2.60. The van der Waals surface area contributed by atoms with Crippen LogP contribution < -0.4 is 10.6 Å². The highest BCUT2D eigenvalue weighted by atomic mass is 32.2. The van der Waals surface area contributed by atoms with E-state index in [0.717, 1.165) is 15.4 Å². The minimum atomic E-state index is -3.54. The van der Waals surface area contributed by atoms with Crippen LogP contribution >= 0.6 is 0 Å². The smallest absolute Gasteiger partial charge is 0.242 e. The van der Waals surface area contributed by atoms with Crippen molar-refractivity contribution in [2.75, 3.05) is 26.0 Å². The number of aryl methyl sites for hydroxylation is 1. The molecule has 2 N–H and O–H groups in total. The predicted molar refractivity (Wildman–Crippen MR) is 98.8 cm³/mol. The van der Waals surface area contributed by atoms with Crippen molar-refractivity contribution in [2.24, 2.45) is 0 Å². The van der Waals surface area contributed by atoms with Gasteiger partial charge < -0.3 is 10.6 Å². The first-order valence-corrected chi connectivity index (χ1v) is 9.42. The molecule has 2 rings (SSSR count). The van der Waals surface area contributed by atoms with Crippen molar-refractivity contribution in [1.82, 2.24) is 9.62 Å². The largest absolute Gasteiger partial charge is 0.376 e. The Balaban J connectivity index is 1.98. The van der Waals surface area contributed by atoms with E-state index < -0.39 is 10.0 Å². The van der Waals surface area contributed by atoms with Crippen LogP contribution in [0, 0.1) is 12.7 Å². The molecular weight excluding hydrogens is 357 g/mol. The predicted octanol–water partition coefficient (Wildman–Crippen LogP) is 2.11. The molecule has 0 spiro atoms. The first kappa shape index (κ1) is 19.9. The van der Waals surface area contributed by atoms with Gasteiger partial charge >= 0.3 is 0 Å². The van der Waals surface area contributed by atoms with Crippen molar-refractivity contribution in [1.29, 1.82) is 0 Å². The highest BCUT2D eigenvalue weighted by molar-refractivity contribution is 7.89. The van der Waals surface area contributed by atoms with Crippen LogP contribution in [0.2, 0.25) is 0 Å². The van der Waals surface area contributed by atoms with E-state index in [-0.39, 0.29) is 29.7 Å². The Labute approximate surface area is 153 Å². The number of rotatable bonds is 7. The molecule has 6 nitrogen and oxygen atoms in total. The van der Waals surface area contributed by atoms with Crippen molar-refractivity contribution >= 4 is 21.6 Å². The molecule has 8 heteroatoms. The minimum Gasteiger partial charge on any atom is -0.376 e. The van der Waals surface area contributed by atoms with Gasteiger partial charge in [0, 0.05) is 26.3 Å². The molecular formula is C18H22FN3O3S. The van der Waals surface area contributed by atoms with Crippen molar-refractivity contribution in [3.05, 3.63) is 59.4 Å². The lowest BCUT2D eigenvalue weighted by Gasteiger charge is -2.15. The maximum absolute atomic E-state index is 12.9. The molecule has 0 aliphatic rings. The molecule has 0 saturated carbocycles. The van der Waals surface area contributed by atoms with Crippen LogP contribution in [0.1, 0.15) is 11.1 Å². The summed E-state index contributed by atoms with van der Waals surface area (Å²) in [4.78, 5) is 12.1. The number of hydrogen-bond acceptors (Lipinski definition) is 4. The molecule has 0 aromatic heterocycles. The van der Waals surface area contributed by atoms with Gasteiger partial charge in [0.1, 0.15) is 5.82 Å². The average molecular weight is 379 g/mol. The minimum absolute atomic E-state index is 0.00645. The first-order chi connectivity index (χ1) is 12.2. The Bertz CT molecular complexity index is 881. The van der Waals surface area contributed by atoms with Crippen LogP contribution in [-0.4, -0.2) is 39.3 Å². The van der Waals surface area contributed by atoms with Gasteiger partial charge in [-0.1, -0.05) is 18.2 Å². The van der Waals surface area contributed by atoms with Gasteiger partial charge in [-0.3, -0.25) is 4.79 Å². The molecule has 0 aliphatic carbocycles. The molecule has 0 unspecified atom stereocenters. The van der Waals surface area contributed by atoms with Gasteiger partial charge in [0.2, 0.25) is 15.9 Å². The van der Waals surface area contributed by atoms with Crippen molar-refractivity contribution < 1.29 is 17.6 Å². The van der Waals surface area contributed by atoms with E-state index in [1.807, 2.05) is 6.92 Å². The maximum atomic E-state index is 12.9. The van der Waals surface area contributed by atoms with Crippen molar-refractivity contribution in [2.45, 2.75) is 18.4 Å². The number of benzene rings is 2. The summed E-state index contributed by atoms with van der Waals surface area (Å²) in [6, 6.07) is 10.6. The number of anilines is 1. The van der Waals surface area contributed by atoms with Gasteiger partial charge in [0.25, 0.3) is 0 Å². The molecule has 2 aromatic rings. The summed E-state index contributed by atoms with van der Waals surface area (Å²) in [7, 11) is -0.615. The quantitative estimate of drug-likeness (QED) is 0.772. The number of hydrogen-bond donors (Lipinski definition) is 2. The second-order valence-corrected chi connectivity index (χ2v) is 8.17. The molecule has 26 heavy (non-hydrogen) atoms. The molecule has 0 heterocycles. The number of carbonyl (C=O) groups excluding carboxylic acids is 1. The van der Waals surface area contributed by atoms with Crippen LogP contribution in [0.5, 0.6) is 0 Å². The van der Waals surface area contributed by atoms with E-state index in [9.17, 15) is 17.6 Å². The van der Waals surface area contributed by atoms with Gasteiger partial charge in [-0.25, -0.2) is 17.1 Å². The van der Waals surface area contributed by atoms with E-state index in [1.165, 1.54) is 38.4 Å². The van der Waals surface area contributed by atoms with Crippen molar-refractivity contribution in [3.8, 4) is 0 Å². The topological polar surface area (TPSA) is 78.5 Å². The summed E-state index contributed by atoms with van der Waals surface area (Å²) < 4.78 is 38.4. The number of nitrogens with zero attached hydrogens (tertiary/aromatic N) is 1. The highest BCUT2D eigenvalue weighted by Gasteiger charge is 2.18. The number of sulfonamides is 1. The van der Waals surface area contributed by atoms with Gasteiger partial charge in [-0.2, -0.15) is 0 Å². The summed E-state index contributed by atoms with van der Waals surface area (Å²) in [6.45, 7) is 2.10. The van der Waals surface area contributed by atoms with Crippen LogP contribution in [0.4, 0.5) is 10.1 Å². The Morgan fingerprint density at radius 2 is 1.77 bits per heavy atom. The van der Waals surface area contributed by atoms with E-state index in [2.05, 4.69) is 10.6 Å². The highest BCUT2D eigenvalue weighted by Crippen LogP contribution is 2.21.